The molecule has 3 rings (SSSR count). The number of hydrogen-bond acceptors (Lipinski definition) is 5. The van der Waals surface area contributed by atoms with Crippen molar-refractivity contribution in [3.63, 3.8) is 0 Å². The minimum Gasteiger partial charge on any atom is -0.396 e. The first kappa shape index (κ1) is 22.0. The predicted octanol–water partition coefficient (Wildman–Crippen LogP) is 5.28. The lowest BCUT2D eigenvalue weighted by atomic mass is 10.1. The number of aliphatic hydroxyl groups excluding tert-OH is 1. The number of aryl methyl sites for hydroxylation is 2. The second-order valence-electron chi connectivity index (χ2n) is 7.24. The van der Waals surface area contributed by atoms with Gasteiger partial charge in [-0.25, -0.2) is 4.98 Å². The Morgan fingerprint density at radius 2 is 1.87 bits per heavy atom. The van der Waals surface area contributed by atoms with Gasteiger partial charge >= 0.3 is 0 Å². The summed E-state index contributed by atoms with van der Waals surface area (Å²) in [6, 6.07) is 16.1. The first-order valence-electron chi connectivity index (χ1n) is 10.5. The van der Waals surface area contributed by atoms with E-state index in [-0.39, 0.29) is 12.5 Å². The van der Waals surface area contributed by atoms with Crippen molar-refractivity contribution in [2.75, 3.05) is 17.2 Å². The van der Waals surface area contributed by atoms with E-state index in [0.717, 1.165) is 17.7 Å². The van der Waals surface area contributed by atoms with Crippen LogP contribution in [0.5, 0.6) is 0 Å². The number of anilines is 2. The number of unbranched alkanes of at least 4 members (excludes halogenated alkanes) is 1. The Balaban J connectivity index is 1.55. The number of nitrogens with one attached hydrogen (secondary N) is 2. The van der Waals surface area contributed by atoms with Gasteiger partial charge in [0, 0.05) is 29.8 Å². The number of nitrogens with zero attached hydrogens (tertiary/aromatic N) is 1. The van der Waals surface area contributed by atoms with Gasteiger partial charge in [-0.3, -0.25) is 10.1 Å². The molecule has 3 aromatic rings. The van der Waals surface area contributed by atoms with E-state index < -0.39 is 0 Å². The van der Waals surface area contributed by atoms with Gasteiger partial charge in [-0.05, 0) is 55.0 Å². The van der Waals surface area contributed by atoms with Crippen molar-refractivity contribution in [3.8, 4) is 0 Å². The number of para-hydroxylation sites is 1. The molecule has 158 valence electrons. The van der Waals surface area contributed by atoms with Crippen molar-refractivity contribution in [2.24, 2.45) is 0 Å². The summed E-state index contributed by atoms with van der Waals surface area (Å²) in [5.74, 6) is -0.164. The van der Waals surface area contributed by atoms with E-state index in [9.17, 15) is 4.79 Å². The second-order valence-corrected chi connectivity index (χ2v) is 8.09. The zero-order chi connectivity index (χ0) is 21.2. The van der Waals surface area contributed by atoms with Crippen molar-refractivity contribution < 1.29 is 9.90 Å². The molecule has 5 nitrogen and oxygen atoms in total. The predicted molar refractivity (Wildman–Crippen MR) is 124 cm³/mol. The normalized spacial score (nSPS) is 10.7. The maximum absolute atomic E-state index is 12.5. The molecule has 0 saturated carbocycles. The minimum atomic E-state index is -0.164. The van der Waals surface area contributed by atoms with Crippen LogP contribution in [0, 0.1) is 0 Å². The first-order chi connectivity index (χ1) is 14.7. The highest BCUT2D eigenvalue weighted by Gasteiger charge is 2.09. The minimum absolute atomic E-state index is 0.144. The summed E-state index contributed by atoms with van der Waals surface area (Å²) in [5.41, 5.74) is 5.14. The Kier molecular flexibility index (Phi) is 8.41. The summed E-state index contributed by atoms with van der Waals surface area (Å²) in [5, 5.41) is 17.8. The first-order valence-corrected chi connectivity index (χ1v) is 11.3. The zero-order valence-corrected chi connectivity index (χ0v) is 18.2. The van der Waals surface area contributed by atoms with Gasteiger partial charge in [0.25, 0.3) is 5.91 Å². The van der Waals surface area contributed by atoms with Crippen LogP contribution in [0.3, 0.4) is 0 Å². The highest BCUT2D eigenvalue weighted by Crippen LogP contribution is 2.20. The number of hydrogen-bond donors (Lipinski definition) is 3. The lowest BCUT2D eigenvalue weighted by Crippen LogP contribution is -2.12. The zero-order valence-electron chi connectivity index (χ0n) is 17.4. The molecule has 0 saturated heterocycles. The highest BCUT2D eigenvalue weighted by atomic mass is 32.1. The molecule has 0 spiro atoms. The van der Waals surface area contributed by atoms with Gasteiger partial charge in [0.05, 0.1) is 5.69 Å². The maximum Gasteiger partial charge on any atom is 0.257 e. The Hall–Kier alpha value is -2.70. The van der Waals surface area contributed by atoms with Gasteiger partial charge in [-0.15, -0.1) is 11.3 Å². The van der Waals surface area contributed by atoms with Gasteiger partial charge < -0.3 is 10.4 Å². The molecule has 1 heterocycles. The van der Waals surface area contributed by atoms with Crippen LogP contribution in [0.2, 0.25) is 0 Å². The topological polar surface area (TPSA) is 74.2 Å². The Morgan fingerprint density at radius 1 is 1.07 bits per heavy atom. The highest BCUT2D eigenvalue weighted by molar-refractivity contribution is 7.14. The molecule has 1 aromatic heterocycles. The summed E-state index contributed by atoms with van der Waals surface area (Å²) >= 11 is 1.40. The number of thiazole rings is 1. The van der Waals surface area contributed by atoms with Crippen molar-refractivity contribution in [1.29, 1.82) is 0 Å². The van der Waals surface area contributed by atoms with Crippen molar-refractivity contribution >= 4 is 28.1 Å². The van der Waals surface area contributed by atoms with Crippen LogP contribution >= 0.6 is 11.3 Å². The third-order valence-corrected chi connectivity index (χ3v) is 5.69. The monoisotopic (exact) mass is 423 g/mol. The number of carbonyl (C=O) groups is 1. The number of benzene rings is 2. The largest absolute Gasteiger partial charge is 0.396 e. The molecule has 6 heteroatoms. The Bertz CT molecular complexity index is 938. The maximum atomic E-state index is 12.5. The van der Waals surface area contributed by atoms with Crippen molar-refractivity contribution in [2.45, 2.75) is 45.6 Å². The van der Waals surface area contributed by atoms with Gasteiger partial charge in [0.1, 0.15) is 0 Å². The number of aliphatic hydroxyl groups is 1. The molecule has 2 aromatic carbocycles. The quantitative estimate of drug-likeness (QED) is 0.392. The second kappa shape index (κ2) is 11.5. The molecule has 30 heavy (non-hydrogen) atoms. The molecule has 0 aliphatic rings. The molecular formula is C24H29N3O2S. The molecule has 0 unspecified atom stereocenters. The van der Waals surface area contributed by atoms with Crippen LogP contribution in [0.25, 0.3) is 0 Å². The Morgan fingerprint density at radius 3 is 2.63 bits per heavy atom. The van der Waals surface area contributed by atoms with Crippen LogP contribution in [0.15, 0.2) is 53.9 Å². The third-order valence-electron chi connectivity index (χ3n) is 4.88. The Labute approximate surface area is 182 Å². The van der Waals surface area contributed by atoms with Crippen molar-refractivity contribution in [1.82, 2.24) is 4.98 Å². The number of carbonyl (C=O) groups excluding carboxylic acids is 1. The molecule has 0 radical (unpaired) electrons. The van der Waals surface area contributed by atoms with Gasteiger partial charge in [-0.2, -0.15) is 0 Å². The van der Waals surface area contributed by atoms with E-state index in [2.05, 4.69) is 46.8 Å². The van der Waals surface area contributed by atoms with Crippen LogP contribution in [-0.4, -0.2) is 22.6 Å². The summed E-state index contributed by atoms with van der Waals surface area (Å²) in [6.45, 7) is 3.06. The molecule has 0 bridgehead atoms. The van der Waals surface area contributed by atoms with Crippen LogP contribution in [-0.2, 0) is 19.4 Å². The average Bonchev–Trinajstić information content (AvgIpc) is 3.22. The molecular weight excluding hydrogens is 394 g/mol. The SMILES string of the molecule is CCCCc1ccccc1NCc1ccc(C(=O)Nc2nc(CCCO)cs2)cc1. The fourth-order valence-electron chi connectivity index (χ4n) is 3.16. The van der Waals surface area contributed by atoms with E-state index in [1.165, 1.54) is 35.4 Å². The molecule has 0 atom stereocenters. The van der Waals surface area contributed by atoms with E-state index in [0.29, 0.717) is 30.1 Å². The molecule has 0 aliphatic heterocycles. The van der Waals surface area contributed by atoms with Crippen LogP contribution in [0.1, 0.15) is 53.4 Å². The molecule has 0 fully saturated rings. The number of rotatable bonds is 11. The number of amides is 1. The fourth-order valence-corrected chi connectivity index (χ4v) is 3.90. The van der Waals surface area contributed by atoms with Crippen molar-refractivity contribution in [3.05, 3.63) is 76.3 Å². The van der Waals surface area contributed by atoms with Gasteiger partial charge in [-0.1, -0.05) is 43.7 Å². The number of aromatic nitrogens is 1. The summed E-state index contributed by atoms with van der Waals surface area (Å²) in [7, 11) is 0. The van der Waals surface area contributed by atoms with Crippen LogP contribution < -0.4 is 10.6 Å². The standard InChI is InChI=1S/C24H29N3O2S/c1-2-3-7-19-8-4-5-10-22(19)25-16-18-11-13-20(14-12-18)23(29)27-24-26-21(17-30-24)9-6-15-28/h4-5,8,10-14,17,25,28H,2-3,6-7,9,15-16H2,1H3,(H,26,27,29). The summed E-state index contributed by atoms with van der Waals surface area (Å²) in [6.07, 6.45) is 4.84. The molecule has 1 amide bonds. The fraction of sp³-hybridized carbons (Fsp3) is 0.333. The van der Waals surface area contributed by atoms with E-state index in [4.69, 9.17) is 5.11 Å². The summed E-state index contributed by atoms with van der Waals surface area (Å²) in [4.78, 5) is 16.9. The molecule has 0 aliphatic carbocycles. The smallest absolute Gasteiger partial charge is 0.257 e. The van der Waals surface area contributed by atoms with Gasteiger partial charge in [0.15, 0.2) is 5.13 Å². The van der Waals surface area contributed by atoms with E-state index >= 15 is 0 Å². The molecule has 3 N–H and O–H groups in total. The van der Waals surface area contributed by atoms with Crippen LogP contribution in [0.4, 0.5) is 10.8 Å². The third kappa shape index (κ3) is 6.40. The summed E-state index contributed by atoms with van der Waals surface area (Å²) < 4.78 is 0. The van der Waals surface area contributed by atoms with Gasteiger partial charge in [0.2, 0.25) is 0 Å². The lowest BCUT2D eigenvalue weighted by Gasteiger charge is -2.12. The lowest BCUT2D eigenvalue weighted by molar-refractivity contribution is 0.102. The van der Waals surface area contributed by atoms with E-state index in [1.54, 1.807) is 0 Å². The van der Waals surface area contributed by atoms with E-state index in [1.807, 2.05) is 29.6 Å². The average molecular weight is 424 g/mol.